The second-order valence-corrected chi connectivity index (χ2v) is 4.25. The Morgan fingerprint density at radius 3 is 2.64 bits per heavy atom. The maximum Gasteiger partial charge on any atom is 0.0167 e. The van der Waals surface area contributed by atoms with Gasteiger partial charge in [0.25, 0.3) is 0 Å². The first-order valence-electron chi connectivity index (χ1n) is 3.89. The Morgan fingerprint density at radius 1 is 1.36 bits per heavy atom. The van der Waals surface area contributed by atoms with Crippen molar-refractivity contribution in [1.82, 2.24) is 0 Å². The van der Waals surface area contributed by atoms with Crippen molar-refractivity contribution in [1.29, 1.82) is 0 Å². The van der Waals surface area contributed by atoms with E-state index in [1.165, 1.54) is 27.5 Å². The Bertz CT molecular complexity index is 254. The van der Waals surface area contributed by atoms with Crippen LogP contribution in [-0.2, 0) is 0 Å². The van der Waals surface area contributed by atoms with Gasteiger partial charge in [0.2, 0.25) is 0 Å². The molecule has 1 fully saturated rings. The molecule has 0 N–H and O–H groups in total. The monoisotopic (exact) mass is 257 g/mol. The number of hydrogen-bond donors (Lipinski definition) is 0. The molecule has 0 bridgehead atoms. The van der Waals surface area contributed by atoms with E-state index in [4.69, 9.17) is 0 Å². The third kappa shape index (κ3) is 1.43. The lowest BCUT2D eigenvalue weighted by molar-refractivity contribution is 1.10. The summed E-state index contributed by atoms with van der Waals surface area (Å²) in [5.74, 6) is 0.829. The minimum absolute atomic E-state index is 0.829. The molecule has 1 radical (unpaired) electrons. The van der Waals surface area contributed by atoms with Gasteiger partial charge < -0.3 is 0 Å². The molecule has 1 aromatic rings. The lowest BCUT2D eigenvalue weighted by Gasteiger charge is -2.05. The fourth-order valence-corrected chi connectivity index (χ4v) is 2.41. The lowest BCUT2D eigenvalue weighted by atomic mass is 10.1. The van der Waals surface area contributed by atoms with Crippen LogP contribution in [0.1, 0.15) is 29.9 Å². The quantitative estimate of drug-likeness (QED) is 0.677. The number of halogens is 1. The summed E-state index contributed by atoms with van der Waals surface area (Å²) >= 11 is 2.40. The van der Waals surface area contributed by atoms with Crippen LogP contribution in [-0.4, -0.2) is 0 Å². The summed E-state index contributed by atoms with van der Waals surface area (Å²) in [5, 5.41) is 0. The van der Waals surface area contributed by atoms with E-state index < -0.39 is 0 Å². The molecule has 0 aliphatic heterocycles. The molecule has 0 nitrogen and oxygen atoms in total. The highest BCUT2D eigenvalue weighted by atomic mass is 127. The van der Waals surface area contributed by atoms with Crippen LogP contribution in [0.2, 0.25) is 0 Å². The summed E-state index contributed by atoms with van der Waals surface area (Å²) in [5.41, 5.74) is 2.72. The zero-order valence-corrected chi connectivity index (χ0v) is 8.47. The number of hydrogen-bond acceptors (Lipinski definition) is 0. The van der Waals surface area contributed by atoms with E-state index in [1.54, 1.807) is 0 Å². The van der Waals surface area contributed by atoms with E-state index >= 15 is 0 Å². The van der Waals surface area contributed by atoms with E-state index in [2.05, 4.69) is 47.7 Å². The van der Waals surface area contributed by atoms with Crippen molar-refractivity contribution in [3.8, 4) is 0 Å². The maximum absolute atomic E-state index is 4.04. The van der Waals surface area contributed by atoms with Crippen LogP contribution in [0, 0.1) is 10.5 Å². The maximum atomic E-state index is 4.04. The Labute approximate surface area is 81.1 Å². The number of rotatable bonds is 1. The molecule has 0 spiro atoms. The Morgan fingerprint density at radius 2 is 2.09 bits per heavy atom. The molecule has 2 rings (SSSR count). The van der Waals surface area contributed by atoms with Crippen LogP contribution < -0.4 is 0 Å². The summed E-state index contributed by atoms with van der Waals surface area (Å²) in [7, 11) is 0. The van der Waals surface area contributed by atoms with Crippen molar-refractivity contribution in [2.24, 2.45) is 0 Å². The predicted octanol–water partition coefficient (Wildman–Crippen LogP) is 3.35. The van der Waals surface area contributed by atoms with Crippen LogP contribution >= 0.6 is 22.6 Å². The smallest absolute Gasteiger partial charge is 0.0167 e. The van der Waals surface area contributed by atoms with Crippen molar-refractivity contribution in [2.75, 3.05) is 0 Å². The van der Waals surface area contributed by atoms with Gasteiger partial charge in [-0.3, -0.25) is 0 Å². The standard InChI is InChI=1S/C10H10I/c1-7-3-2-4-9(11)10(7)8-5-6-8/h2-4,8H,1,5-6H2. The summed E-state index contributed by atoms with van der Waals surface area (Å²) in [6.07, 6.45) is 2.73. The molecular formula is C10H10I. The molecule has 0 unspecified atom stereocenters. The van der Waals surface area contributed by atoms with Crippen molar-refractivity contribution >= 4 is 22.6 Å². The van der Waals surface area contributed by atoms with Gasteiger partial charge in [-0.2, -0.15) is 0 Å². The molecule has 0 amide bonds. The van der Waals surface area contributed by atoms with Crippen LogP contribution in [0.25, 0.3) is 0 Å². The molecule has 0 atom stereocenters. The van der Waals surface area contributed by atoms with Crippen molar-refractivity contribution < 1.29 is 0 Å². The molecule has 1 aliphatic carbocycles. The fraction of sp³-hybridized carbons (Fsp3) is 0.300. The highest BCUT2D eigenvalue weighted by Crippen LogP contribution is 2.43. The molecule has 11 heavy (non-hydrogen) atoms. The van der Waals surface area contributed by atoms with E-state index in [0.29, 0.717) is 0 Å². The molecule has 1 aliphatic rings. The fourth-order valence-electron chi connectivity index (χ4n) is 1.41. The Balaban J connectivity index is 2.48. The van der Waals surface area contributed by atoms with E-state index in [0.717, 1.165) is 5.92 Å². The zero-order valence-electron chi connectivity index (χ0n) is 6.31. The van der Waals surface area contributed by atoms with Gasteiger partial charge in [0.1, 0.15) is 0 Å². The number of benzene rings is 1. The first-order valence-corrected chi connectivity index (χ1v) is 4.97. The molecule has 57 valence electrons. The van der Waals surface area contributed by atoms with Gasteiger partial charge in [0, 0.05) is 3.57 Å². The van der Waals surface area contributed by atoms with Crippen molar-refractivity contribution in [3.63, 3.8) is 0 Å². The van der Waals surface area contributed by atoms with E-state index in [9.17, 15) is 0 Å². The SMILES string of the molecule is [CH2]c1cccc(I)c1C1CC1. The summed E-state index contributed by atoms with van der Waals surface area (Å²) in [4.78, 5) is 0. The van der Waals surface area contributed by atoms with Gasteiger partial charge in [0.15, 0.2) is 0 Å². The average molecular weight is 257 g/mol. The second kappa shape index (κ2) is 2.77. The minimum atomic E-state index is 0.829. The second-order valence-electron chi connectivity index (χ2n) is 3.09. The molecular weight excluding hydrogens is 247 g/mol. The molecule has 1 saturated carbocycles. The van der Waals surface area contributed by atoms with Gasteiger partial charge in [-0.05, 0) is 65.5 Å². The molecule has 0 aromatic heterocycles. The minimum Gasteiger partial charge on any atom is -0.0609 e. The predicted molar refractivity (Wildman–Crippen MR) is 55.6 cm³/mol. The van der Waals surface area contributed by atoms with Crippen molar-refractivity contribution in [3.05, 3.63) is 39.8 Å². The van der Waals surface area contributed by atoms with Crippen LogP contribution in [0.3, 0.4) is 0 Å². The third-order valence-electron chi connectivity index (χ3n) is 2.13. The van der Waals surface area contributed by atoms with Crippen LogP contribution in [0.5, 0.6) is 0 Å². The first-order chi connectivity index (χ1) is 5.29. The van der Waals surface area contributed by atoms with Gasteiger partial charge in [-0.1, -0.05) is 12.1 Å². The highest BCUT2D eigenvalue weighted by Gasteiger charge is 2.26. The third-order valence-corrected chi connectivity index (χ3v) is 3.07. The summed E-state index contributed by atoms with van der Waals surface area (Å²) < 4.78 is 1.39. The zero-order chi connectivity index (χ0) is 7.84. The molecule has 0 heterocycles. The van der Waals surface area contributed by atoms with Gasteiger partial charge in [0.05, 0.1) is 0 Å². The average Bonchev–Trinajstić information content (AvgIpc) is 2.70. The van der Waals surface area contributed by atoms with Crippen molar-refractivity contribution in [2.45, 2.75) is 18.8 Å². The van der Waals surface area contributed by atoms with Gasteiger partial charge >= 0.3 is 0 Å². The molecule has 1 aromatic carbocycles. The topological polar surface area (TPSA) is 0 Å². The Kier molecular flexibility index (Phi) is 1.91. The van der Waals surface area contributed by atoms with E-state index in [-0.39, 0.29) is 0 Å². The van der Waals surface area contributed by atoms with Gasteiger partial charge in [-0.25, -0.2) is 0 Å². The van der Waals surface area contributed by atoms with Crippen LogP contribution in [0.15, 0.2) is 18.2 Å². The lowest BCUT2D eigenvalue weighted by Crippen LogP contribution is -1.89. The normalized spacial score (nSPS) is 16.9. The van der Waals surface area contributed by atoms with E-state index in [1.807, 2.05) is 0 Å². The van der Waals surface area contributed by atoms with Gasteiger partial charge in [-0.15, -0.1) is 0 Å². The first kappa shape index (κ1) is 7.59. The molecule has 0 saturated heterocycles. The summed E-state index contributed by atoms with van der Waals surface area (Å²) in [6.45, 7) is 4.04. The van der Waals surface area contributed by atoms with Crippen LogP contribution in [0.4, 0.5) is 0 Å². The molecule has 1 heteroatoms. The summed E-state index contributed by atoms with van der Waals surface area (Å²) in [6, 6.07) is 6.36. The highest BCUT2D eigenvalue weighted by molar-refractivity contribution is 14.1. The Hall–Kier alpha value is -0.0500. The largest absolute Gasteiger partial charge is 0.0609 e.